The molecular formula is C19H18F4N4O2. The monoisotopic (exact) mass is 410 g/mol. The summed E-state index contributed by atoms with van der Waals surface area (Å²) in [5, 5.41) is 8.39. The molecule has 10 heteroatoms. The van der Waals surface area contributed by atoms with E-state index in [-0.39, 0.29) is 11.7 Å². The van der Waals surface area contributed by atoms with Crippen molar-refractivity contribution in [2.45, 2.75) is 25.4 Å². The molecule has 0 spiro atoms. The second-order valence-corrected chi connectivity index (χ2v) is 7.01. The molecule has 2 N–H and O–H groups in total. The van der Waals surface area contributed by atoms with E-state index in [0.29, 0.717) is 36.5 Å². The zero-order valence-corrected chi connectivity index (χ0v) is 15.2. The summed E-state index contributed by atoms with van der Waals surface area (Å²) in [5.41, 5.74) is -0.0895. The Bertz CT molecular complexity index is 1040. The van der Waals surface area contributed by atoms with Crippen molar-refractivity contribution in [1.29, 1.82) is 0 Å². The van der Waals surface area contributed by atoms with Gasteiger partial charge in [-0.05, 0) is 49.4 Å². The molecule has 0 bridgehead atoms. The minimum absolute atomic E-state index is 0.191. The van der Waals surface area contributed by atoms with Gasteiger partial charge in [0.15, 0.2) is 5.82 Å². The molecule has 1 aliphatic rings. The molecule has 0 atom stereocenters. The van der Waals surface area contributed by atoms with Gasteiger partial charge in [-0.2, -0.15) is 23.0 Å². The van der Waals surface area contributed by atoms with Gasteiger partial charge in [0, 0.05) is 30.4 Å². The minimum atomic E-state index is -4.60. The van der Waals surface area contributed by atoms with Crippen molar-refractivity contribution in [1.82, 2.24) is 20.0 Å². The molecular weight excluding hydrogens is 392 g/mol. The zero-order chi connectivity index (χ0) is 20.6. The normalized spacial score (nSPS) is 15.7. The van der Waals surface area contributed by atoms with Crippen molar-refractivity contribution in [3.05, 3.63) is 57.8 Å². The molecule has 1 saturated heterocycles. The fraction of sp³-hybridized carbons (Fsp3) is 0.368. The van der Waals surface area contributed by atoms with Crippen LogP contribution < -0.4 is 5.56 Å². The molecule has 1 aliphatic heterocycles. The molecule has 0 aliphatic carbocycles. The molecule has 29 heavy (non-hydrogen) atoms. The van der Waals surface area contributed by atoms with Gasteiger partial charge < -0.3 is 4.74 Å². The van der Waals surface area contributed by atoms with Gasteiger partial charge in [0.05, 0.1) is 5.69 Å². The largest absolute Gasteiger partial charge is 0.432 e. The van der Waals surface area contributed by atoms with E-state index in [0.717, 1.165) is 23.6 Å². The third kappa shape index (κ3) is 3.98. The number of nitrogens with one attached hydrogen (secondary N) is 2. The van der Waals surface area contributed by atoms with Crippen LogP contribution in [0, 0.1) is 11.7 Å². The first-order chi connectivity index (χ1) is 13.8. The minimum Gasteiger partial charge on any atom is -0.381 e. The Hall–Kier alpha value is -2.88. The SMILES string of the molecule is O=c1c(CC2CCOCC2)c(-c2ccc(F)cc2)[nH]n1-c1cc(C(F)(F)F)[nH]n1. The van der Waals surface area contributed by atoms with Gasteiger partial charge in [0.2, 0.25) is 0 Å². The summed E-state index contributed by atoms with van der Waals surface area (Å²) in [5.74, 6) is -0.405. The number of hydrogen-bond donors (Lipinski definition) is 2. The number of aromatic nitrogens is 4. The van der Waals surface area contributed by atoms with Gasteiger partial charge in [-0.15, -0.1) is 0 Å². The predicted octanol–water partition coefficient (Wildman–Crippen LogP) is 3.68. The summed E-state index contributed by atoms with van der Waals surface area (Å²) < 4.78 is 58.4. The Kier molecular flexibility index (Phi) is 5.03. The quantitative estimate of drug-likeness (QED) is 0.645. The van der Waals surface area contributed by atoms with Crippen LogP contribution in [-0.2, 0) is 17.3 Å². The maximum Gasteiger partial charge on any atom is 0.432 e. The van der Waals surface area contributed by atoms with Crippen molar-refractivity contribution in [3.63, 3.8) is 0 Å². The highest BCUT2D eigenvalue weighted by atomic mass is 19.4. The Morgan fingerprint density at radius 2 is 1.86 bits per heavy atom. The van der Waals surface area contributed by atoms with E-state index >= 15 is 0 Å². The molecule has 154 valence electrons. The Labute approximate surface area is 162 Å². The van der Waals surface area contributed by atoms with E-state index in [2.05, 4.69) is 10.2 Å². The second kappa shape index (κ2) is 7.51. The first-order valence-corrected chi connectivity index (χ1v) is 9.13. The van der Waals surface area contributed by atoms with E-state index in [1.807, 2.05) is 5.10 Å². The number of alkyl halides is 3. The van der Waals surface area contributed by atoms with E-state index in [1.54, 1.807) is 0 Å². The summed E-state index contributed by atoms with van der Waals surface area (Å²) in [4.78, 5) is 13.1. The number of hydrogen-bond acceptors (Lipinski definition) is 3. The van der Waals surface area contributed by atoms with E-state index in [9.17, 15) is 22.4 Å². The van der Waals surface area contributed by atoms with Crippen LogP contribution in [0.4, 0.5) is 17.6 Å². The van der Waals surface area contributed by atoms with E-state index in [1.165, 1.54) is 24.3 Å². The summed E-state index contributed by atoms with van der Waals surface area (Å²) in [6.07, 6.45) is -2.59. The van der Waals surface area contributed by atoms with E-state index in [4.69, 9.17) is 4.74 Å². The topological polar surface area (TPSA) is 75.7 Å². The zero-order valence-electron chi connectivity index (χ0n) is 15.2. The maximum atomic E-state index is 13.3. The van der Waals surface area contributed by atoms with Crippen molar-refractivity contribution >= 4 is 0 Å². The molecule has 3 heterocycles. The molecule has 1 fully saturated rings. The lowest BCUT2D eigenvalue weighted by molar-refractivity contribution is -0.141. The van der Waals surface area contributed by atoms with Gasteiger partial charge in [0.1, 0.15) is 11.5 Å². The molecule has 0 amide bonds. The highest BCUT2D eigenvalue weighted by Gasteiger charge is 2.34. The standard InChI is InChI=1S/C19H18F4N4O2/c20-13-3-1-12(2-4-13)17-14(9-11-5-7-29-8-6-11)18(28)27(26-17)16-10-15(24-25-16)19(21,22)23/h1-4,10-11,26H,5-9H2,(H,24,25). The number of aromatic amines is 2. The molecule has 0 saturated carbocycles. The van der Waals surface area contributed by atoms with Gasteiger partial charge >= 0.3 is 6.18 Å². The smallest absolute Gasteiger partial charge is 0.381 e. The van der Waals surface area contributed by atoms with Gasteiger partial charge in [-0.3, -0.25) is 15.0 Å². The average molecular weight is 410 g/mol. The summed E-state index contributed by atoms with van der Waals surface area (Å²) in [7, 11) is 0. The summed E-state index contributed by atoms with van der Waals surface area (Å²) >= 11 is 0. The summed E-state index contributed by atoms with van der Waals surface area (Å²) in [6.45, 7) is 1.20. The van der Waals surface area contributed by atoms with Crippen molar-refractivity contribution < 1.29 is 22.3 Å². The first-order valence-electron chi connectivity index (χ1n) is 9.13. The van der Waals surface area contributed by atoms with E-state index < -0.39 is 23.2 Å². The lowest BCUT2D eigenvalue weighted by atomic mass is 9.91. The molecule has 1 aromatic carbocycles. The fourth-order valence-corrected chi connectivity index (χ4v) is 3.49. The van der Waals surface area contributed by atoms with Crippen LogP contribution in [0.5, 0.6) is 0 Å². The molecule has 0 radical (unpaired) electrons. The lowest BCUT2D eigenvalue weighted by Crippen LogP contribution is -2.23. The Balaban J connectivity index is 1.78. The van der Waals surface area contributed by atoms with Crippen LogP contribution in [0.3, 0.4) is 0 Å². The molecule has 4 rings (SSSR count). The number of H-pyrrole nitrogens is 2. The third-order valence-corrected chi connectivity index (χ3v) is 5.05. The van der Waals surface area contributed by atoms with Crippen LogP contribution in [0.1, 0.15) is 24.1 Å². The number of rotatable bonds is 4. The fourth-order valence-electron chi connectivity index (χ4n) is 3.49. The number of benzene rings is 1. The third-order valence-electron chi connectivity index (χ3n) is 5.05. The molecule has 6 nitrogen and oxygen atoms in total. The first kappa shape index (κ1) is 19.4. The number of nitrogens with zero attached hydrogens (tertiary/aromatic N) is 2. The van der Waals surface area contributed by atoms with Crippen molar-refractivity contribution in [2.75, 3.05) is 13.2 Å². The van der Waals surface area contributed by atoms with Gasteiger partial charge in [-0.1, -0.05) is 0 Å². The lowest BCUT2D eigenvalue weighted by Gasteiger charge is -2.21. The van der Waals surface area contributed by atoms with Crippen molar-refractivity contribution in [3.8, 4) is 17.1 Å². The average Bonchev–Trinajstić information content (AvgIpc) is 3.30. The predicted molar refractivity (Wildman–Crippen MR) is 96.2 cm³/mol. The molecule has 3 aromatic rings. The van der Waals surface area contributed by atoms with Crippen LogP contribution in [-0.4, -0.2) is 33.2 Å². The van der Waals surface area contributed by atoms with Crippen LogP contribution in [0.25, 0.3) is 17.1 Å². The second-order valence-electron chi connectivity index (χ2n) is 7.01. The molecule has 0 unspecified atom stereocenters. The number of halogens is 4. The highest BCUT2D eigenvalue weighted by Crippen LogP contribution is 2.29. The van der Waals surface area contributed by atoms with Gasteiger partial charge in [-0.25, -0.2) is 4.39 Å². The van der Waals surface area contributed by atoms with Crippen LogP contribution >= 0.6 is 0 Å². The number of ether oxygens (including phenoxy) is 1. The van der Waals surface area contributed by atoms with Crippen LogP contribution in [0.15, 0.2) is 35.1 Å². The highest BCUT2D eigenvalue weighted by molar-refractivity contribution is 5.63. The maximum absolute atomic E-state index is 13.3. The Morgan fingerprint density at radius 1 is 1.17 bits per heavy atom. The van der Waals surface area contributed by atoms with Crippen molar-refractivity contribution in [2.24, 2.45) is 5.92 Å². The summed E-state index contributed by atoms with van der Waals surface area (Å²) in [6, 6.07) is 6.33. The van der Waals surface area contributed by atoms with Crippen LogP contribution in [0.2, 0.25) is 0 Å². The van der Waals surface area contributed by atoms with Gasteiger partial charge in [0.25, 0.3) is 5.56 Å². The Morgan fingerprint density at radius 3 is 2.48 bits per heavy atom. The molecule has 2 aromatic heterocycles.